The van der Waals surface area contributed by atoms with Gasteiger partial charge in [0.1, 0.15) is 0 Å². The Labute approximate surface area is 168 Å². The number of hydrogen-bond acceptors (Lipinski definition) is 4. The molecule has 0 saturated carbocycles. The van der Waals surface area contributed by atoms with E-state index in [1.54, 1.807) is 24.3 Å². The second-order valence-corrected chi connectivity index (χ2v) is 6.78. The molecule has 5 heteroatoms. The molecular formula is C24H19N3O2. The van der Waals surface area contributed by atoms with Gasteiger partial charge in [0.05, 0.1) is 11.3 Å². The zero-order chi connectivity index (χ0) is 20.5. The van der Waals surface area contributed by atoms with Gasteiger partial charge in [0.25, 0.3) is 5.91 Å². The average molecular weight is 381 g/mol. The molecule has 0 aliphatic heterocycles. The minimum Gasteiger partial charge on any atom is -0.398 e. The molecule has 4 rings (SSSR count). The fourth-order valence-corrected chi connectivity index (χ4v) is 3.47. The topological polar surface area (TPSA) is 98.2 Å². The molecule has 0 radical (unpaired) electrons. The lowest BCUT2D eigenvalue weighted by molar-refractivity contribution is 0.0999. The number of para-hydroxylation sites is 1. The van der Waals surface area contributed by atoms with Crippen LogP contribution in [0.15, 0.2) is 85.1 Å². The van der Waals surface area contributed by atoms with Gasteiger partial charge in [0.15, 0.2) is 5.78 Å². The maximum atomic E-state index is 12.4. The molecule has 142 valence electrons. The lowest BCUT2D eigenvalue weighted by Gasteiger charge is -2.20. The minimum absolute atomic E-state index is 0.0648. The second-order valence-electron chi connectivity index (χ2n) is 6.78. The number of nitrogens with one attached hydrogen (secondary N) is 1. The van der Waals surface area contributed by atoms with Gasteiger partial charge >= 0.3 is 0 Å². The van der Waals surface area contributed by atoms with E-state index in [2.05, 4.69) is 11.9 Å². The summed E-state index contributed by atoms with van der Waals surface area (Å²) in [5.41, 5.74) is 17.3. The van der Waals surface area contributed by atoms with Gasteiger partial charge in [0, 0.05) is 28.6 Å². The molecule has 3 aromatic rings. The van der Waals surface area contributed by atoms with Crippen LogP contribution in [0.4, 0.5) is 11.4 Å². The summed E-state index contributed by atoms with van der Waals surface area (Å²) >= 11 is 0. The number of fused-ring (bicyclic) bond motifs is 1. The quantitative estimate of drug-likeness (QED) is 0.589. The van der Waals surface area contributed by atoms with Crippen LogP contribution in [0.1, 0.15) is 26.3 Å². The number of benzene rings is 3. The van der Waals surface area contributed by atoms with Crippen LogP contribution >= 0.6 is 0 Å². The van der Waals surface area contributed by atoms with Crippen molar-refractivity contribution in [1.82, 2.24) is 0 Å². The van der Waals surface area contributed by atoms with Crippen LogP contribution in [0.2, 0.25) is 0 Å². The predicted octanol–water partition coefficient (Wildman–Crippen LogP) is 4.24. The molecule has 1 aliphatic rings. The fourth-order valence-electron chi connectivity index (χ4n) is 3.47. The number of anilines is 2. The Morgan fingerprint density at radius 2 is 1.59 bits per heavy atom. The van der Waals surface area contributed by atoms with Crippen molar-refractivity contribution < 1.29 is 9.59 Å². The zero-order valence-electron chi connectivity index (χ0n) is 15.6. The standard InChI is InChI=1S/C24H19N3O2/c1-14-17-8-2-3-9-19(17)22(28)13-21(14)27-16-7-4-6-15(12-16)18-10-5-11-20(23(18)25)24(26)29/h2-13,27H,1,25H2,(H2,26,29). The van der Waals surface area contributed by atoms with Crippen molar-refractivity contribution in [2.45, 2.75) is 0 Å². The monoisotopic (exact) mass is 381 g/mol. The molecule has 1 amide bonds. The van der Waals surface area contributed by atoms with E-state index in [0.717, 1.165) is 22.4 Å². The van der Waals surface area contributed by atoms with Crippen molar-refractivity contribution in [3.8, 4) is 11.1 Å². The summed E-state index contributed by atoms with van der Waals surface area (Å²) in [5.74, 6) is -0.635. The molecule has 0 heterocycles. The smallest absolute Gasteiger partial charge is 0.250 e. The maximum Gasteiger partial charge on any atom is 0.250 e. The van der Waals surface area contributed by atoms with Crippen LogP contribution < -0.4 is 16.8 Å². The van der Waals surface area contributed by atoms with E-state index in [1.165, 1.54) is 0 Å². The highest BCUT2D eigenvalue weighted by Crippen LogP contribution is 2.33. The van der Waals surface area contributed by atoms with Crippen molar-refractivity contribution in [3.05, 3.63) is 102 Å². The number of rotatable bonds is 4. The molecule has 1 aliphatic carbocycles. The van der Waals surface area contributed by atoms with Crippen molar-refractivity contribution in [2.24, 2.45) is 5.73 Å². The molecule has 0 bridgehead atoms. The summed E-state index contributed by atoms with van der Waals surface area (Å²) in [7, 11) is 0. The van der Waals surface area contributed by atoms with Crippen LogP contribution in [0.3, 0.4) is 0 Å². The third-order valence-electron chi connectivity index (χ3n) is 4.94. The van der Waals surface area contributed by atoms with Crippen LogP contribution in [0, 0.1) is 0 Å². The summed E-state index contributed by atoms with van der Waals surface area (Å²) in [6.45, 7) is 4.14. The highest BCUT2D eigenvalue weighted by Gasteiger charge is 2.21. The van der Waals surface area contributed by atoms with Gasteiger partial charge in [0.2, 0.25) is 0 Å². The van der Waals surface area contributed by atoms with Crippen molar-refractivity contribution in [2.75, 3.05) is 11.1 Å². The number of nitrogen functional groups attached to an aromatic ring is 1. The number of carbonyl (C=O) groups is 2. The van der Waals surface area contributed by atoms with Crippen LogP contribution in [-0.4, -0.2) is 11.7 Å². The molecule has 0 fully saturated rings. The molecule has 29 heavy (non-hydrogen) atoms. The van der Waals surface area contributed by atoms with Gasteiger partial charge in [-0.3, -0.25) is 9.59 Å². The molecular weight excluding hydrogens is 362 g/mol. The third kappa shape index (κ3) is 3.30. The molecule has 3 aromatic carbocycles. The Hall–Kier alpha value is -4.12. The number of hydrogen-bond donors (Lipinski definition) is 3. The summed E-state index contributed by atoms with van der Waals surface area (Å²) in [4.78, 5) is 24.0. The van der Waals surface area contributed by atoms with Gasteiger partial charge in [-0.25, -0.2) is 0 Å². The van der Waals surface area contributed by atoms with E-state index >= 15 is 0 Å². The van der Waals surface area contributed by atoms with Crippen molar-refractivity contribution in [3.63, 3.8) is 0 Å². The Bertz CT molecular complexity index is 1210. The van der Waals surface area contributed by atoms with Gasteiger partial charge in [-0.15, -0.1) is 0 Å². The average Bonchev–Trinajstić information content (AvgIpc) is 2.72. The first-order chi connectivity index (χ1) is 14.0. The number of nitrogens with two attached hydrogens (primary N) is 2. The number of amides is 1. The van der Waals surface area contributed by atoms with Crippen LogP contribution in [0.25, 0.3) is 16.7 Å². The van der Waals surface area contributed by atoms with E-state index in [0.29, 0.717) is 22.5 Å². The summed E-state index contributed by atoms with van der Waals surface area (Å²) in [5, 5.41) is 3.28. The van der Waals surface area contributed by atoms with Gasteiger partial charge in [-0.05, 0) is 34.9 Å². The molecule has 0 atom stereocenters. The number of allylic oxidation sites excluding steroid dienone is 2. The Morgan fingerprint density at radius 3 is 2.34 bits per heavy atom. The van der Waals surface area contributed by atoms with Crippen LogP contribution in [-0.2, 0) is 0 Å². The van der Waals surface area contributed by atoms with Gasteiger partial charge in [-0.2, -0.15) is 0 Å². The summed E-state index contributed by atoms with van der Waals surface area (Å²) < 4.78 is 0. The Morgan fingerprint density at radius 1 is 0.897 bits per heavy atom. The van der Waals surface area contributed by atoms with E-state index in [4.69, 9.17) is 11.5 Å². The molecule has 0 aromatic heterocycles. The highest BCUT2D eigenvalue weighted by molar-refractivity contribution is 6.14. The van der Waals surface area contributed by atoms with Gasteiger partial charge < -0.3 is 16.8 Å². The van der Waals surface area contributed by atoms with E-state index in [-0.39, 0.29) is 11.3 Å². The Kier molecular flexibility index (Phi) is 4.49. The summed E-state index contributed by atoms with van der Waals surface area (Å²) in [6, 6.07) is 20.1. The second kappa shape index (κ2) is 7.13. The maximum absolute atomic E-state index is 12.4. The minimum atomic E-state index is -0.570. The first-order valence-corrected chi connectivity index (χ1v) is 9.06. The molecule has 0 saturated heterocycles. The first-order valence-electron chi connectivity index (χ1n) is 9.06. The summed E-state index contributed by atoms with van der Waals surface area (Å²) in [6.07, 6.45) is 1.55. The zero-order valence-corrected chi connectivity index (χ0v) is 15.6. The van der Waals surface area contributed by atoms with E-state index < -0.39 is 5.91 Å². The largest absolute Gasteiger partial charge is 0.398 e. The highest BCUT2D eigenvalue weighted by atomic mass is 16.1. The third-order valence-corrected chi connectivity index (χ3v) is 4.94. The predicted molar refractivity (Wildman–Crippen MR) is 116 cm³/mol. The van der Waals surface area contributed by atoms with Crippen molar-refractivity contribution in [1.29, 1.82) is 0 Å². The molecule has 5 N–H and O–H groups in total. The lowest BCUT2D eigenvalue weighted by atomic mass is 9.90. The first kappa shape index (κ1) is 18.3. The lowest BCUT2D eigenvalue weighted by Crippen LogP contribution is -2.14. The number of carbonyl (C=O) groups excluding carboxylic acids is 2. The van der Waals surface area contributed by atoms with Crippen LogP contribution in [0.5, 0.6) is 0 Å². The molecule has 0 spiro atoms. The Balaban J connectivity index is 1.68. The SMILES string of the molecule is C=C1C(Nc2cccc(-c3cccc(C(N)=O)c3N)c2)=CC(=O)c2ccccc21. The van der Waals surface area contributed by atoms with Gasteiger partial charge in [-0.1, -0.05) is 55.1 Å². The normalized spacial score (nSPS) is 12.9. The molecule has 0 unspecified atom stereocenters. The molecule has 5 nitrogen and oxygen atoms in total. The van der Waals surface area contributed by atoms with E-state index in [9.17, 15) is 9.59 Å². The van der Waals surface area contributed by atoms with Crippen molar-refractivity contribution >= 4 is 28.6 Å². The van der Waals surface area contributed by atoms with E-state index in [1.807, 2.05) is 48.5 Å². The fraction of sp³-hybridized carbons (Fsp3) is 0. The number of ketones is 1. The number of primary amides is 1.